The minimum Gasteiger partial charge on any atom is -0.496 e. The Labute approximate surface area is 139 Å². The van der Waals surface area contributed by atoms with E-state index >= 15 is 0 Å². The minimum absolute atomic E-state index is 0.255. The fourth-order valence-corrected chi connectivity index (χ4v) is 2.34. The van der Waals surface area contributed by atoms with Gasteiger partial charge in [0.1, 0.15) is 5.75 Å². The van der Waals surface area contributed by atoms with Gasteiger partial charge in [0.2, 0.25) is 5.91 Å². The highest BCUT2D eigenvalue weighted by molar-refractivity contribution is 6.34. The quantitative estimate of drug-likeness (QED) is 0.931. The SMILES string of the molecule is COc1cc(NC(C)=O)c(Cl)cc1C(=O)N(C)c1ccccc1. The van der Waals surface area contributed by atoms with Gasteiger partial charge in [-0.2, -0.15) is 0 Å². The van der Waals surface area contributed by atoms with Crippen LogP contribution < -0.4 is 15.0 Å². The first-order valence-corrected chi connectivity index (χ1v) is 7.30. The number of nitrogens with zero attached hydrogens (tertiary/aromatic N) is 1. The average Bonchev–Trinajstić information content (AvgIpc) is 2.55. The fourth-order valence-electron chi connectivity index (χ4n) is 2.12. The van der Waals surface area contributed by atoms with Crippen molar-refractivity contribution < 1.29 is 14.3 Å². The number of anilines is 2. The summed E-state index contributed by atoms with van der Waals surface area (Å²) in [6.45, 7) is 1.38. The van der Waals surface area contributed by atoms with E-state index in [0.29, 0.717) is 17.0 Å². The summed E-state index contributed by atoms with van der Waals surface area (Å²) in [6.07, 6.45) is 0. The Morgan fingerprint density at radius 1 is 1.17 bits per heavy atom. The summed E-state index contributed by atoms with van der Waals surface area (Å²) in [5, 5.41) is 2.87. The number of carbonyl (C=O) groups is 2. The molecule has 6 heteroatoms. The number of nitrogens with one attached hydrogen (secondary N) is 1. The van der Waals surface area contributed by atoms with Gasteiger partial charge in [-0.15, -0.1) is 0 Å². The summed E-state index contributed by atoms with van der Waals surface area (Å²) >= 11 is 6.16. The number of para-hydroxylation sites is 1. The highest BCUT2D eigenvalue weighted by atomic mass is 35.5. The molecule has 0 fully saturated rings. The molecule has 0 radical (unpaired) electrons. The molecular weight excluding hydrogens is 316 g/mol. The van der Waals surface area contributed by atoms with Crippen molar-refractivity contribution in [3.05, 3.63) is 53.1 Å². The van der Waals surface area contributed by atoms with E-state index in [2.05, 4.69) is 5.32 Å². The largest absolute Gasteiger partial charge is 0.496 e. The van der Waals surface area contributed by atoms with Crippen molar-refractivity contribution in [2.24, 2.45) is 0 Å². The lowest BCUT2D eigenvalue weighted by Crippen LogP contribution is -2.26. The molecule has 23 heavy (non-hydrogen) atoms. The maximum Gasteiger partial charge on any atom is 0.261 e. The second-order valence-electron chi connectivity index (χ2n) is 4.91. The molecule has 0 unspecified atom stereocenters. The zero-order valence-electron chi connectivity index (χ0n) is 13.1. The van der Waals surface area contributed by atoms with Crippen LogP contribution in [0.25, 0.3) is 0 Å². The van der Waals surface area contributed by atoms with Crippen LogP contribution in [-0.2, 0) is 4.79 Å². The number of carbonyl (C=O) groups excluding carboxylic acids is 2. The monoisotopic (exact) mass is 332 g/mol. The van der Waals surface area contributed by atoms with Crippen molar-refractivity contribution in [3.63, 3.8) is 0 Å². The van der Waals surface area contributed by atoms with Gasteiger partial charge < -0.3 is 15.0 Å². The third-order valence-corrected chi connectivity index (χ3v) is 3.59. The molecule has 0 aromatic heterocycles. The Morgan fingerprint density at radius 2 is 1.83 bits per heavy atom. The third kappa shape index (κ3) is 3.81. The topological polar surface area (TPSA) is 58.6 Å². The van der Waals surface area contributed by atoms with Crippen LogP contribution >= 0.6 is 11.6 Å². The number of halogens is 1. The fraction of sp³-hybridized carbons (Fsp3) is 0.176. The van der Waals surface area contributed by atoms with Crippen LogP contribution in [0.2, 0.25) is 5.02 Å². The Balaban J connectivity index is 2.40. The Kier molecular flexibility index (Phi) is 5.24. The van der Waals surface area contributed by atoms with Gasteiger partial charge >= 0.3 is 0 Å². The maximum atomic E-state index is 12.7. The molecule has 0 aliphatic carbocycles. The number of rotatable bonds is 4. The van der Waals surface area contributed by atoms with E-state index in [1.807, 2.05) is 30.3 Å². The summed E-state index contributed by atoms with van der Waals surface area (Å²) in [7, 11) is 3.13. The molecule has 0 aliphatic heterocycles. The van der Waals surface area contributed by atoms with E-state index in [1.165, 1.54) is 31.1 Å². The van der Waals surface area contributed by atoms with Crippen LogP contribution in [0.15, 0.2) is 42.5 Å². The molecule has 2 aromatic rings. The smallest absolute Gasteiger partial charge is 0.261 e. The molecule has 0 atom stereocenters. The normalized spacial score (nSPS) is 10.1. The highest BCUT2D eigenvalue weighted by Gasteiger charge is 2.20. The van der Waals surface area contributed by atoms with Gasteiger partial charge in [0.05, 0.1) is 23.4 Å². The number of hydrogen-bond acceptors (Lipinski definition) is 3. The van der Waals surface area contributed by atoms with Gasteiger partial charge in [0.25, 0.3) is 5.91 Å². The Hall–Kier alpha value is -2.53. The molecule has 0 bridgehead atoms. The number of methoxy groups -OCH3 is 1. The van der Waals surface area contributed by atoms with Crippen molar-refractivity contribution in [2.75, 3.05) is 24.4 Å². The standard InChI is InChI=1S/C17H17ClN2O3/c1-11(21)19-15-10-16(23-3)13(9-14(15)18)17(22)20(2)12-7-5-4-6-8-12/h4-10H,1-3H3,(H,19,21). The van der Waals surface area contributed by atoms with Crippen LogP contribution in [0.3, 0.4) is 0 Å². The van der Waals surface area contributed by atoms with E-state index in [4.69, 9.17) is 16.3 Å². The van der Waals surface area contributed by atoms with Gasteiger partial charge in [-0.05, 0) is 18.2 Å². The van der Waals surface area contributed by atoms with E-state index < -0.39 is 0 Å². The van der Waals surface area contributed by atoms with Crippen molar-refractivity contribution in [3.8, 4) is 5.75 Å². The second-order valence-corrected chi connectivity index (χ2v) is 5.32. The van der Waals surface area contributed by atoms with Crippen molar-refractivity contribution in [1.29, 1.82) is 0 Å². The van der Waals surface area contributed by atoms with Crippen molar-refractivity contribution in [2.45, 2.75) is 6.92 Å². The Bertz CT molecular complexity index is 732. The zero-order chi connectivity index (χ0) is 17.0. The first kappa shape index (κ1) is 16.8. The van der Waals surface area contributed by atoms with Crippen LogP contribution in [0, 0.1) is 0 Å². The predicted octanol–water partition coefficient (Wildman–Crippen LogP) is 3.58. The molecule has 0 spiro atoms. The molecule has 0 heterocycles. The number of hydrogen-bond donors (Lipinski definition) is 1. The van der Waals surface area contributed by atoms with Gasteiger partial charge in [0, 0.05) is 25.7 Å². The Morgan fingerprint density at radius 3 is 2.39 bits per heavy atom. The van der Waals surface area contributed by atoms with Crippen molar-refractivity contribution in [1.82, 2.24) is 0 Å². The molecule has 1 N–H and O–H groups in total. The van der Waals surface area contributed by atoms with E-state index in [9.17, 15) is 9.59 Å². The van der Waals surface area contributed by atoms with Gasteiger partial charge in [-0.1, -0.05) is 29.8 Å². The lowest BCUT2D eigenvalue weighted by atomic mass is 10.1. The van der Waals surface area contributed by atoms with Crippen molar-refractivity contribution >= 4 is 34.8 Å². The lowest BCUT2D eigenvalue weighted by Gasteiger charge is -2.19. The molecule has 0 saturated carbocycles. The van der Waals surface area contributed by atoms with Gasteiger partial charge in [0.15, 0.2) is 0 Å². The number of benzene rings is 2. The van der Waals surface area contributed by atoms with Crippen LogP contribution in [0.5, 0.6) is 5.75 Å². The molecule has 5 nitrogen and oxygen atoms in total. The third-order valence-electron chi connectivity index (χ3n) is 3.28. The van der Waals surface area contributed by atoms with E-state index in [1.54, 1.807) is 7.05 Å². The van der Waals surface area contributed by atoms with Gasteiger partial charge in [-0.25, -0.2) is 0 Å². The summed E-state index contributed by atoms with van der Waals surface area (Å²) in [6, 6.07) is 12.3. The minimum atomic E-state index is -0.260. The molecule has 0 saturated heterocycles. The van der Waals surface area contributed by atoms with Crippen LogP contribution in [-0.4, -0.2) is 26.0 Å². The molecule has 0 aliphatic rings. The number of ether oxygens (including phenoxy) is 1. The van der Waals surface area contributed by atoms with Crippen LogP contribution in [0.1, 0.15) is 17.3 Å². The predicted molar refractivity (Wildman–Crippen MR) is 91.5 cm³/mol. The van der Waals surface area contributed by atoms with E-state index in [-0.39, 0.29) is 16.8 Å². The summed E-state index contributed by atoms with van der Waals surface area (Å²) in [5.74, 6) is -0.176. The first-order chi connectivity index (χ1) is 10.9. The molecule has 2 amide bonds. The summed E-state index contributed by atoms with van der Waals surface area (Å²) < 4.78 is 5.27. The van der Waals surface area contributed by atoms with E-state index in [0.717, 1.165) is 5.69 Å². The van der Waals surface area contributed by atoms with Gasteiger partial charge in [-0.3, -0.25) is 9.59 Å². The molecular formula is C17H17ClN2O3. The number of amides is 2. The summed E-state index contributed by atoms with van der Waals surface area (Å²) in [5.41, 5.74) is 1.47. The zero-order valence-corrected chi connectivity index (χ0v) is 13.8. The average molecular weight is 333 g/mol. The summed E-state index contributed by atoms with van der Waals surface area (Å²) in [4.78, 5) is 25.4. The molecule has 2 aromatic carbocycles. The maximum absolute atomic E-state index is 12.7. The molecule has 2 rings (SSSR count). The highest BCUT2D eigenvalue weighted by Crippen LogP contribution is 2.32. The van der Waals surface area contributed by atoms with Crippen LogP contribution in [0.4, 0.5) is 11.4 Å². The lowest BCUT2D eigenvalue weighted by molar-refractivity contribution is -0.114. The molecule has 120 valence electrons. The second kappa shape index (κ2) is 7.15. The first-order valence-electron chi connectivity index (χ1n) is 6.92.